The lowest BCUT2D eigenvalue weighted by atomic mass is 10.3. The van der Waals surface area contributed by atoms with Crippen molar-refractivity contribution in [1.82, 2.24) is 15.0 Å². The molecule has 0 bridgehead atoms. The Bertz CT molecular complexity index is 662. The van der Waals surface area contributed by atoms with Gasteiger partial charge in [0, 0.05) is 31.3 Å². The van der Waals surface area contributed by atoms with Crippen molar-refractivity contribution in [1.29, 1.82) is 5.26 Å². The topological polar surface area (TPSA) is 57.7 Å². The highest BCUT2D eigenvalue weighted by Gasteiger charge is 2.21. The zero-order valence-corrected chi connectivity index (χ0v) is 10.6. The van der Waals surface area contributed by atoms with Crippen LogP contribution < -0.4 is 4.90 Å². The molecule has 0 radical (unpaired) electrons. The van der Waals surface area contributed by atoms with Crippen molar-refractivity contribution in [3.8, 4) is 11.8 Å². The fourth-order valence-electron chi connectivity index (χ4n) is 2.28. The molecule has 0 saturated carbocycles. The highest BCUT2D eigenvalue weighted by molar-refractivity contribution is 5.50. The lowest BCUT2D eigenvalue weighted by molar-refractivity contribution is 0.577. The Labute approximate surface area is 114 Å². The lowest BCUT2D eigenvalue weighted by Gasteiger charge is -2.12. The Balaban J connectivity index is 2.04. The number of hydrogen-bond donors (Lipinski definition) is 0. The van der Waals surface area contributed by atoms with Gasteiger partial charge >= 0.3 is 0 Å². The average Bonchev–Trinajstić information content (AvgIpc) is 3.06. The number of rotatable bonds is 2. The summed E-state index contributed by atoms with van der Waals surface area (Å²) >= 11 is 0. The lowest BCUT2D eigenvalue weighted by Crippen LogP contribution is -2.19. The molecule has 0 amide bonds. The van der Waals surface area contributed by atoms with Crippen LogP contribution in [0.25, 0.3) is 5.69 Å². The van der Waals surface area contributed by atoms with Gasteiger partial charge in [-0.25, -0.2) is 8.78 Å². The molecule has 7 heteroatoms. The van der Waals surface area contributed by atoms with Gasteiger partial charge in [0.15, 0.2) is 5.82 Å². The second-order valence-corrected chi connectivity index (χ2v) is 4.60. The van der Waals surface area contributed by atoms with E-state index in [1.807, 2.05) is 11.0 Å². The van der Waals surface area contributed by atoms with Crippen LogP contribution in [-0.4, -0.2) is 28.1 Å². The van der Waals surface area contributed by atoms with Gasteiger partial charge in [-0.15, -0.1) is 15.0 Å². The Morgan fingerprint density at radius 3 is 2.30 bits per heavy atom. The Hall–Kier alpha value is -2.49. The molecule has 0 N–H and O–H groups in total. The summed E-state index contributed by atoms with van der Waals surface area (Å²) in [6.45, 7) is 1.62. The van der Waals surface area contributed by atoms with Crippen molar-refractivity contribution in [2.24, 2.45) is 0 Å². The summed E-state index contributed by atoms with van der Waals surface area (Å²) in [7, 11) is 0. The summed E-state index contributed by atoms with van der Waals surface area (Å²) in [5.74, 6) is -0.952. The van der Waals surface area contributed by atoms with E-state index in [9.17, 15) is 8.78 Å². The number of anilines is 1. The van der Waals surface area contributed by atoms with Crippen LogP contribution in [0.5, 0.6) is 0 Å². The molecule has 3 rings (SSSR count). The molecule has 1 aromatic heterocycles. The highest BCUT2D eigenvalue weighted by atomic mass is 19.1. The van der Waals surface area contributed by atoms with E-state index in [0.29, 0.717) is 5.82 Å². The maximum atomic E-state index is 13.2. The van der Waals surface area contributed by atoms with Crippen molar-refractivity contribution in [2.45, 2.75) is 12.8 Å². The summed E-state index contributed by atoms with van der Waals surface area (Å²) < 4.78 is 26.4. The average molecular weight is 275 g/mol. The smallest absolute Gasteiger partial charge is 0.207 e. The summed E-state index contributed by atoms with van der Waals surface area (Å²) in [5.41, 5.74) is 0.320. The van der Waals surface area contributed by atoms with E-state index in [2.05, 4.69) is 10.2 Å². The van der Waals surface area contributed by atoms with Crippen LogP contribution in [0.2, 0.25) is 0 Å². The van der Waals surface area contributed by atoms with Crippen LogP contribution in [0.1, 0.15) is 18.5 Å². The second-order valence-electron chi connectivity index (χ2n) is 4.60. The van der Waals surface area contributed by atoms with Crippen LogP contribution in [0.4, 0.5) is 14.6 Å². The molecule has 0 aliphatic carbocycles. The number of aromatic nitrogens is 3. The molecule has 1 aliphatic rings. The maximum absolute atomic E-state index is 13.2. The third-order valence-corrected chi connectivity index (χ3v) is 3.19. The van der Waals surface area contributed by atoms with Gasteiger partial charge in [0.25, 0.3) is 0 Å². The van der Waals surface area contributed by atoms with Crippen molar-refractivity contribution < 1.29 is 8.78 Å². The second kappa shape index (κ2) is 4.89. The predicted molar refractivity (Wildman–Crippen MR) is 67.4 cm³/mol. The van der Waals surface area contributed by atoms with Gasteiger partial charge in [0.1, 0.15) is 17.7 Å². The number of benzene rings is 1. The van der Waals surface area contributed by atoms with Crippen LogP contribution >= 0.6 is 0 Å². The molecule has 102 valence electrons. The number of nitriles is 1. The van der Waals surface area contributed by atoms with Gasteiger partial charge in [-0.2, -0.15) is 5.26 Å². The molecule has 0 atom stereocenters. The molecule has 1 saturated heterocycles. The van der Waals surface area contributed by atoms with E-state index in [4.69, 9.17) is 5.26 Å². The van der Waals surface area contributed by atoms with Gasteiger partial charge in [-0.1, -0.05) is 0 Å². The van der Waals surface area contributed by atoms with E-state index >= 15 is 0 Å². The third kappa shape index (κ3) is 2.20. The molecule has 2 aromatic rings. The SMILES string of the molecule is N#Cc1nn(-c2cc(F)cc(F)c2)nc1N1CCCC1. The van der Waals surface area contributed by atoms with Gasteiger partial charge in [-0.05, 0) is 12.8 Å². The van der Waals surface area contributed by atoms with Crippen LogP contribution in [0, 0.1) is 23.0 Å². The van der Waals surface area contributed by atoms with E-state index in [1.165, 1.54) is 0 Å². The van der Waals surface area contributed by atoms with Crippen LogP contribution in [-0.2, 0) is 0 Å². The molecule has 20 heavy (non-hydrogen) atoms. The Morgan fingerprint density at radius 2 is 1.70 bits per heavy atom. The standard InChI is InChI=1S/C13H11F2N5/c14-9-5-10(15)7-11(6-9)20-17-12(8-16)13(18-20)19-3-1-2-4-19/h5-7H,1-4H2. The van der Waals surface area contributed by atoms with Gasteiger partial charge < -0.3 is 4.90 Å². The first-order chi connectivity index (χ1) is 9.67. The molecule has 1 aromatic carbocycles. The quantitative estimate of drug-likeness (QED) is 0.841. The number of nitrogens with zero attached hydrogens (tertiary/aromatic N) is 5. The van der Waals surface area contributed by atoms with E-state index in [0.717, 1.165) is 48.9 Å². The Kier molecular flexibility index (Phi) is 3.06. The van der Waals surface area contributed by atoms with Crippen molar-refractivity contribution >= 4 is 5.82 Å². The van der Waals surface area contributed by atoms with Gasteiger partial charge in [-0.3, -0.25) is 0 Å². The molecule has 1 aliphatic heterocycles. The van der Waals surface area contributed by atoms with Gasteiger partial charge in [0.05, 0.1) is 5.69 Å². The van der Waals surface area contributed by atoms with Crippen molar-refractivity contribution in [2.75, 3.05) is 18.0 Å². The summed E-state index contributed by atoms with van der Waals surface area (Å²) in [6, 6.07) is 4.99. The first-order valence-electron chi connectivity index (χ1n) is 6.26. The summed E-state index contributed by atoms with van der Waals surface area (Å²) in [4.78, 5) is 3.05. The number of hydrogen-bond acceptors (Lipinski definition) is 4. The largest absolute Gasteiger partial charge is 0.353 e. The number of halogens is 2. The van der Waals surface area contributed by atoms with Crippen LogP contribution in [0.3, 0.4) is 0 Å². The highest BCUT2D eigenvalue weighted by Crippen LogP contribution is 2.22. The first-order valence-corrected chi connectivity index (χ1v) is 6.26. The molecule has 0 unspecified atom stereocenters. The fourth-order valence-corrected chi connectivity index (χ4v) is 2.28. The molecular formula is C13H11F2N5. The van der Waals surface area contributed by atoms with E-state index < -0.39 is 11.6 Å². The van der Waals surface area contributed by atoms with Crippen LogP contribution in [0.15, 0.2) is 18.2 Å². The molecule has 2 heterocycles. The predicted octanol–water partition coefficient (Wildman–Crippen LogP) is 2.02. The normalized spacial score (nSPS) is 14.6. The molecule has 0 spiro atoms. The maximum Gasteiger partial charge on any atom is 0.207 e. The minimum absolute atomic E-state index is 0.157. The molecular weight excluding hydrogens is 264 g/mol. The molecule has 5 nitrogen and oxygen atoms in total. The minimum Gasteiger partial charge on any atom is -0.353 e. The zero-order chi connectivity index (χ0) is 14.1. The fraction of sp³-hybridized carbons (Fsp3) is 0.308. The first kappa shape index (κ1) is 12.5. The van der Waals surface area contributed by atoms with Crippen molar-refractivity contribution in [3.63, 3.8) is 0 Å². The Morgan fingerprint density at radius 1 is 1.05 bits per heavy atom. The third-order valence-electron chi connectivity index (χ3n) is 3.19. The van der Waals surface area contributed by atoms with E-state index in [-0.39, 0.29) is 11.4 Å². The molecule has 1 fully saturated rings. The summed E-state index contributed by atoms with van der Waals surface area (Å²) in [6.07, 6.45) is 2.07. The van der Waals surface area contributed by atoms with Gasteiger partial charge in [0.2, 0.25) is 5.69 Å². The van der Waals surface area contributed by atoms with E-state index in [1.54, 1.807) is 0 Å². The zero-order valence-electron chi connectivity index (χ0n) is 10.6. The monoisotopic (exact) mass is 275 g/mol. The minimum atomic E-state index is -0.710. The van der Waals surface area contributed by atoms with Crippen molar-refractivity contribution in [3.05, 3.63) is 35.5 Å². The summed E-state index contributed by atoms with van der Waals surface area (Å²) in [5, 5.41) is 17.3.